The molecule has 0 bridgehead atoms. The highest BCUT2D eigenvalue weighted by atomic mass is 79.9. The van der Waals surface area contributed by atoms with E-state index in [0.29, 0.717) is 12.2 Å². The molecule has 112 valence electrons. The largest absolute Gasteiger partial charge is 0.358 e. The second-order valence-electron chi connectivity index (χ2n) is 4.94. The van der Waals surface area contributed by atoms with E-state index in [-0.39, 0.29) is 24.4 Å². The van der Waals surface area contributed by atoms with Gasteiger partial charge in [0.15, 0.2) is 0 Å². The van der Waals surface area contributed by atoms with E-state index in [2.05, 4.69) is 21.2 Å². The van der Waals surface area contributed by atoms with Crippen LogP contribution >= 0.6 is 15.9 Å². The van der Waals surface area contributed by atoms with E-state index >= 15 is 0 Å². The van der Waals surface area contributed by atoms with Crippen LogP contribution in [0.5, 0.6) is 0 Å². The molecule has 0 aliphatic rings. The summed E-state index contributed by atoms with van der Waals surface area (Å²) in [4.78, 5) is 25.7. The lowest BCUT2D eigenvalue weighted by molar-refractivity contribution is -0.121. The van der Waals surface area contributed by atoms with Gasteiger partial charge in [-0.05, 0) is 42.3 Å². The fraction of sp³-hybridized carbons (Fsp3) is 0.571. The maximum absolute atomic E-state index is 12.6. The van der Waals surface area contributed by atoms with Crippen molar-refractivity contribution in [1.29, 1.82) is 0 Å². The van der Waals surface area contributed by atoms with Crippen molar-refractivity contribution in [2.45, 2.75) is 33.2 Å². The van der Waals surface area contributed by atoms with Gasteiger partial charge in [0.1, 0.15) is 5.69 Å². The molecule has 0 saturated carbocycles. The number of halogens is 1. The Balaban J connectivity index is 3.02. The Kier molecular flexibility index (Phi) is 6.26. The maximum Gasteiger partial charge on any atom is 0.270 e. The second kappa shape index (κ2) is 7.47. The molecule has 0 radical (unpaired) electrons. The van der Waals surface area contributed by atoms with Gasteiger partial charge in [-0.2, -0.15) is 0 Å². The van der Waals surface area contributed by atoms with E-state index < -0.39 is 0 Å². The highest BCUT2D eigenvalue weighted by molar-refractivity contribution is 9.10. The lowest BCUT2D eigenvalue weighted by Gasteiger charge is -2.22. The summed E-state index contributed by atoms with van der Waals surface area (Å²) in [5, 5.41) is 2.55. The van der Waals surface area contributed by atoms with Crippen molar-refractivity contribution in [2.24, 2.45) is 0 Å². The zero-order valence-corrected chi connectivity index (χ0v) is 14.0. The van der Waals surface area contributed by atoms with E-state index in [1.165, 1.54) is 0 Å². The molecule has 0 aliphatic carbocycles. The summed E-state index contributed by atoms with van der Waals surface area (Å²) in [6.07, 6.45) is 2.70. The molecule has 1 N–H and O–H groups in total. The van der Waals surface area contributed by atoms with E-state index in [4.69, 9.17) is 0 Å². The summed E-state index contributed by atoms with van der Waals surface area (Å²) < 4.78 is 2.78. The number of nitrogens with zero attached hydrogens (tertiary/aromatic N) is 2. The predicted molar refractivity (Wildman–Crippen MR) is 82.8 cm³/mol. The maximum atomic E-state index is 12.6. The molecule has 20 heavy (non-hydrogen) atoms. The van der Waals surface area contributed by atoms with Crippen LogP contribution in [0.1, 0.15) is 43.7 Å². The molecular weight excluding hydrogens is 322 g/mol. The molecule has 0 saturated heterocycles. The molecule has 1 heterocycles. The van der Waals surface area contributed by atoms with E-state index in [0.717, 1.165) is 10.9 Å². The van der Waals surface area contributed by atoms with Gasteiger partial charge in [-0.1, -0.05) is 6.92 Å². The molecular formula is C14H22BrN3O2. The summed E-state index contributed by atoms with van der Waals surface area (Å²) in [5.41, 5.74) is 0.601. The first-order valence-corrected chi connectivity index (χ1v) is 7.57. The van der Waals surface area contributed by atoms with Crippen LogP contribution in [0.3, 0.4) is 0 Å². The Morgan fingerprint density at radius 1 is 1.45 bits per heavy atom. The van der Waals surface area contributed by atoms with Crippen LogP contribution in [0, 0.1) is 0 Å². The number of nitrogens with one attached hydrogen (secondary N) is 1. The number of likely N-dealkylation sites (N-methyl/N-ethyl adjacent to an activating group) is 1. The Morgan fingerprint density at radius 3 is 2.60 bits per heavy atom. The van der Waals surface area contributed by atoms with Crippen molar-refractivity contribution < 1.29 is 9.59 Å². The molecule has 6 heteroatoms. The highest BCUT2D eigenvalue weighted by Crippen LogP contribution is 2.20. The number of rotatable bonds is 6. The number of hydrogen-bond acceptors (Lipinski definition) is 2. The molecule has 2 amide bonds. The minimum Gasteiger partial charge on any atom is -0.358 e. The van der Waals surface area contributed by atoms with Gasteiger partial charge in [-0.3, -0.25) is 9.59 Å². The molecule has 0 aromatic carbocycles. The third kappa shape index (κ3) is 4.10. The van der Waals surface area contributed by atoms with Crippen molar-refractivity contribution in [2.75, 3.05) is 20.1 Å². The van der Waals surface area contributed by atoms with Crippen molar-refractivity contribution in [3.05, 3.63) is 22.4 Å². The summed E-state index contributed by atoms with van der Waals surface area (Å²) in [6, 6.07) is 1.98. The smallest absolute Gasteiger partial charge is 0.270 e. The Labute approximate surface area is 128 Å². The Hall–Kier alpha value is -1.30. The molecule has 5 nitrogen and oxygen atoms in total. The lowest BCUT2D eigenvalue weighted by atomic mass is 10.3. The van der Waals surface area contributed by atoms with Crippen molar-refractivity contribution in [3.63, 3.8) is 0 Å². The van der Waals surface area contributed by atoms with Crippen molar-refractivity contribution in [3.8, 4) is 0 Å². The molecule has 0 spiro atoms. The van der Waals surface area contributed by atoms with Gasteiger partial charge in [0.25, 0.3) is 5.91 Å². The van der Waals surface area contributed by atoms with Gasteiger partial charge in [-0.15, -0.1) is 0 Å². The van der Waals surface area contributed by atoms with Gasteiger partial charge < -0.3 is 14.8 Å². The topological polar surface area (TPSA) is 54.3 Å². The van der Waals surface area contributed by atoms with Gasteiger partial charge in [0, 0.05) is 30.3 Å². The summed E-state index contributed by atoms with van der Waals surface area (Å²) >= 11 is 3.40. The average molecular weight is 344 g/mol. The first-order chi connectivity index (χ1) is 9.40. The van der Waals surface area contributed by atoms with Crippen LogP contribution in [0.25, 0.3) is 0 Å². The zero-order chi connectivity index (χ0) is 15.3. The molecule has 0 atom stereocenters. The Morgan fingerprint density at radius 2 is 2.10 bits per heavy atom. The summed E-state index contributed by atoms with van der Waals surface area (Å²) in [5.74, 6) is -0.275. The highest BCUT2D eigenvalue weighted by Gasteiger charge is 2.22. The minimum absolute atomic E-state index is 0.0874. The molecule has 1 aromatic rings. The third-order valence-electron chi connectivity index (χ3n) is 2.98. The molecule has 1 aromatic heterocycles. The minimum atomic E-state index is -0.159. The monoisotopic (exact) mass is 343 g/mol. The Bertz CT molecular complexity index is 483. The molecule has 0 fully saturated rings. The van der Waals surface area contributed by atoms with Crippen molar-refractivity contribution in [1.82, 2.24) is 14.8 Å². The fourth-order valence-corrected chi connectivity index (χ4v) is 2.42. The van der Waals surface area contributed by atoms with Gasteiger partial charge in [0.05, 0.1) is 6.54 Å². The van der Waals surface area contributed by atoms with E-state index in [1.807, 2.05) is 31.5 Å². The second-order valence-corrected chi connectivity index (χ2v) is 5.86. The summed E-state index contributed by atoms with van der Waals surface area (Å²) in [6.45, 7) is 6.68. The normalized spacial score (nSPS) is 10.7. The van der Waals surface area contributed by atoms with Crippen LogP contribution in [-0.2, 0) is 4.79 Å². The van der Waals surface area contributed by atoms with Gasteiger partial charge in [-0.25, -0.2) is 0 Å². The number of carbonyl (C=O) groups is 2. The number of aromatic nitrogens is 1. The zero-order valence-electron chi connectivity index (χ0n) is 12.4. The first-order valence-electron chi connectivity index (χ1n) is 6.77. The number of amides is 2. The molecule has 0 aliphatic heterocycles. The SMILES string of the molecule is CCCN(CC(=O)NC)C(=O)c1cc(Br)cn1C(C)C. The van der Waals surface area contributed by atoms with Crippen LogP contribution in [0.4, 0.5) is 0 Å². The number of hydrogen-bond donors (Lipinski definition) is 1. The van der Waals surface area contributed by atoms with E-state index in [9.17, 15) is 9.59 Å². The quantitative estimate of drug-likeness (QED) is 0.862. The third-order valence-corrected chi connectivity index (χ3v) is 3.42. The number of carbonyl (C=O) groups excluding carboxylic acids is 2. The van der Waals surface area contributed by atoms with Crippen LogP contribution in [-0.4, -0.2) is 41.4 Å². The van der Waals surface area contributed by atoms with Gasteiger partial charge >= 0.3 is 0 Å². The molecule has 1 rings (SSSR count). The average Bonchev–Trinajstić information content (AvgIpc) is 2.79. The van der Waals surface area contributed by atoms with Crippen LogP contribution < -0.4 is 5.32 Å². The lowest BCUT2D eigenvalue weighted by Crippen LogP contribution is -2.40. The molecule has 0 unspecified atom stereocenters. The standard InChI is InChI=1S/C14H22BrN3O2/c1-5-6-17(9-13(19)16-4)14(20)12-7-11(15)8-18(12)10(2)3/h7-8,10H,5-6,9H2,1-4H3,(H,16,19). The summed E-state index contributed by atoms with van der Waals surface area (Å²) in [7, 11) is 1.57. The van der Waals surface area contributed by atoms with Crippen LogP contribution in [0.2, 0.25) is 0 Å². The van der Waals surface area contributed by atoms with E-state index in [1.54, 1.807) is 18.0 Å². The fourth-order valence-electron chi connectivity index (χ4n) is 1.98. The van der Waals surface area contributed by atoms with Crippen LogP contribution in [0.15, 0.2) is 16.7 Å². The van der Waals surface area contributed by atoms with Gasteiger partial charge in [0.2, 0.25) is 5.91 Å². The first kappa shape index (κ1) is 16.8. The van der Waals surface area contributed by atoms with Crippen molar-refractivity contribution >= 4 is 27.7 Å². The predicted octanol–water partition coefficient (Wildman–Crippen LogP) is 2.43.